The molecule has 0 aromatic heterocycles. The molecule has 2 N–H and O–H groups in total. The van der Waals surface area contributed by atoms with Crippen molar-refractivity contribution in [3.05, 3.63) is 48.0 Å². The third kappa shape index (κ3) is 3.09. The average Bonchev–Trinajstić information content (AvgIpc) is 2.43. The normalized spacial score (nSPS) is 10.4. The minimum atomic E-state index is -0.00644. The summed E-state index contributed by atoms with van der Waals surface area (Å²) in [5.74, 6) is -0.00644. The van der Waals surface area contributed by atoms with Crippen LogP contribution in [-0.2, 0) is 0 Å². The maximum Gasteiger partial charge on any atom is 0.254 e. The second-order valence-corrected chi connectivity index (χ2v) is 4.99. The molecule has 98 valence electrons. The maximum absolute atomic E-state index is 12.4. The van der Waals surface area contributed by atoms with Crippen molar-refractivity contribution >= 4 is 33.9 Å². The van der Waals surface area contributed by atoms with Gasteiger partial charge in [0.25, 0.3) is 5.91 Å². The van der Waals surface area contributed by atoms with Crippen LogP contribution in [0.15, 0.2) is 42.5 Å². The van der Waals surface area contributed by atoms with Crippen molar-refractivity contribution in [2.75, 3.05) is 13.6 Å². The van der Waals surface area contributed by atoms with Gasteiger partial charge in [-0.15, -0.1) is 0 Å². The Hall–Kier alpha value is -1.94. The Kier molecular flexibility index (Phi) is 4.12. The van der Waals surface area contributed by atoms with Crippen LogP contribution in [0.1, 0.15) is 16.8 Å². The second kappa shape index (κ2) is 5.80. The van der Waals surface area contributed by atoms with Crippen molar-refractivity contribution in [2.45, 2.75) is 6.42 Å². The van der Waals surface area contributed by atoms with E-state index in [1.165, 1.54) is 0 Å². The molecule has 0 unspecified atom stereocenters. The number of carbonyl (C=O) groups is 1. The average molecular weight is 272 g/mol. The number of nitrogens with two attached hydrogens (primary N) is 1. The lowest BCUT2D eigenvalue weighted by Crippen LogP contribution is -2.30. The van der Waals surface area contributed by atoms with Gasteiger partial charge in [0.1, 0.15) is 0 Å². The van der Waals surface area contributed by atoms with Crippen LogP contribution in [-0.4, -0.2) is 29.4 Å². The molecule has 1 amide bonds. The first kappa shape index (κ1) is 13.5. The van der Waals surface area contributed by atoms with Crippen molar-refractivity contribution in [3.8, 4) is 0 Å². The number of hydrogen-bond acceptors (Lipinski definition) is 2. The van der Waals surface area contributed by atoms with Crippen LogP contribution < -0.4 is 5.73 Å². The molecule has 0 atom stereocenters. The van der Waals surface area contributed by atoms with Gasteiger partial charge in [-0.3, -0.25) is 4.79 Å². The smallest absolute Gasteiger partial charge is 0.254 e. The van der Waals surface area contributed by atoms with Crippen molar-refractivity contribution in [3.63, 3.8) is 0 Å². The molecule has 0 saturated heterocycles. The third-order valence-electron chi connectivity index (χ3n) is 3.06. The van der Waals surface area contributed by atoms with Crippen LogP contribution in [0.2, 0.25) is 0 Å². The number of hydrogen-bond donors (Lipinski definition) is 1. The molecular formula is C15H16N2OS. The number of amides is 1. The molecule has 2 aromatic carbocycles. The number of rotatable bonds is 4. The van der Waals surface area contributed by atoms with E-state index in [1.54, 1.807) is 11.9 Å². The summed E-state index contributed by atoms with van der Waals surface area (Å²) in [6.45, 7) is 0.539. The van der Waals surface area contributed by atoms with E-state index in [0.29, 0.717) is 23.5 Å². The molecule has 2 aromatic rings. The summed E-state index contributed by atoms with van der Waals surface area (Å²) in [5.41, 5.74) is 6.18. The zero-order valence-electron chi connectivity index (χ0n) is 10.8. The summed E-state index contributed by atoms with van der Waals surface area (Å²) in [6.07, 6.45) is 0.544. The molecule has 0 saturated carbocycles. The van der Waals surface area contributed by atoms with Crippen LogP contribution in [0.25, 0.3) is 10.8 Å². The fraction of sp³-hybridized carbons (Fsp3) is 0.200. The van der Waals surface area contributed by atoms with Crippen molar-refractivity contribution < 1.29 is 4.79 Å². The number of nitrogens with zero attached hydrogens (tertiary/aromatic N) is 1. The summed E-state index contributed by atoms with van der Waals surface area (Å²) in [5, 5.41) is 2.04. The monoisotopic (exact) mass is 272 g/mol. The highest BCUT2D eigenvalue weighted by atomic mass is 32.1. The Morgan fingerprint density at radius 2 is 1.89 bits per heavy atom. The second-order valence-electron chi connectivity index (χ2n) is 4.47. The first-order valence-corrected chi connectivity index (χ1v) is 6.52. The van der Waals surface area contributed by atoms with E-state index in [1.807, 2.05) is 42.5 Å². The zero-order chi connectivity index (χ0) is 13.8. The van der Waals surface area contributed by atoms with Crippen LogP contribution in [0.5, 0.6) is 0 Å². The van der Waals surface area contributed by atoms with Gasteiger partial charge in [-0.05, 0) is 16.8 Å². The molecular weight excluding hydrogens is 256 g/mol. The molecule has 0 spiro atoms. The molecule has 0 heterocycles. The van der Waals surface area contributed by atoms with E-state index in [-0.39, 0.29) is 5.91 Å². The maximum atomic E-state index is 12.4. The number of carbonyl (C=O) groups excluding carboxylic acids is 1. The molecule has 19 heavy (non-hydrogen) atoms. The molecule has 0 aliphatic carbocycles. The quantitative estimate of drug-likeness (QED) is 0.870. The minimum absolute atomic E-state index is 0.00644. The molecule has 3 nitrogen and oxygen atoms in total. The lowest BCUT2D eigenvalue weighted by molar-refractivity contribution is 0.0801. The first-order valence-electron chi connectivity index (χ1n) is 6.11. The van der Waals surface area contributed by atoms with Crippen LogP contribution in [0.3, 0.4) is 0 Å². The van der Waals surface area contributed by atoms with E-state index in [2.05, 4.69) is 0 Å². The molecule has 0 aliphatic heterocycles. The first-order chi connectivity index (χ1) is 9.09. The van der Waals surface area contributed by atoms with E-state index in [0.717, 1.165) is 10.8 Å². The van der Waals surface area contributed by atoms with Gasteiger partial charge in [0.05, 0.1) is 4.99 Å². The molecule has 0 aliphatic rings. The Bertz CT molecular complexity index is 619. The van der Waals surface area contributed by atoms with E-state index in [4.69, 9.17) is 18.0 Å². The highest BCUT2D eigenvalue weighted by molar-refractivity contribution is 7.80. The Morgan fingerprint density at radius 1 is 1.21 bits per heavy atom. The van der Waals surface area contributed by atoms with Gasteiger partial charge in [-0.1, -0.05) is 48.6 Å². The highest BCUT2D eigenvalue weighted by Crippen LogP contribution is 2.19. The number of fused-ring (bicyclic) bond motifs is 1. The SMILES string of the molecule is CN(CCC(N)=S)C(=O)c1cccc2ccccc12. The van der Waals surface area contributed by atoms with Gasteiger partial charge < -0.3 is 10.6 Å². The summed E-state index contributed by atoms with van der Waals surface area (Å²) in [4.78, 5) is 14.5. The fourth-order valence-corrected chi connectivity index (χ4v) is 2.09. The van der Waals surface area contributed by atoms with Gasteiger partial charge in [0.15, 0.2) is 0 Å². The molecule has 4 heteroatoms. The van der Waals surface area contributed by atoms with Crippen molar-refractivity contribution in [1.82, 2.24) is 4.90 Å². The molecule has 2 rings (SSSR count). The standard InChI is InChI=1S/C15H16N2OS/c1-17(10-9-14(16)19)15(18)13-8-4-6-11-5-2-3-7-12(11)13/h2-8H,9-10H2,1H3,(H2,16,19). The van der Waals surface area contributed by atoms with Crippen molar-refractivity contribution in [2.24, 2.45) is 5.73 Å². The Labute approximate surface area is 118 Å². The summed E-state index contributed by atoms with van der Waals surface area (Å²) < 4.78 is 0. The predicted octanol–water partition coefficient (Wildman–Crippen LogP) is 2.59. The fourth-order valence-electron chi connectivity index (χ4n) is 2.00. The molecule has 0 radical (unpaired) electrons. The van der Waals surface area contributed by atoms with Crippen molar-refractivity contribution in [1.29, 1.82) is 0 Å². The number of benzene rings is 2. The summed E-state index contributed by atoms with van der Waals surface area (Å²) in [6, 6.07) is 13.6. The lowest BCUT2D eigenvalue weighted by Gasteiger charge is -2.17. The van der Waals surface area contributed by atoms with E-state index < -0.39 is 0 Å². The highest BCUT2D eigenvalue weighted by Gasteiger charge is 2.14. The van der Waals surface area contributed by atoms with Crippen LogP contribution in [0.4, 0.5) is 0 Å². The van der Waals surface area contributed by atoms with Gasteiger partial charge in [0.2, 0.25) is 0 Å². The largest absolute Gasteiger partial charge is 0.393 e. The molecule has 0 bridgehead atoms. The van der Waals surface area contributed by atoms with Crippen LogP contribution in [0, 0.1) is 0 Å². The van der Waals surface area contributed by atoms with Gasteiger partial charge in [-0.2, -0.15) is 0 Å². The summed E-state index contributed by atoms with van der Waals surface area (Å²) in [7, 11) is 1.77. The predicted molar refractivity (Wildman–Crippen MR) is 82.3 cm³/mol. The van der Waals surface area contributed by atoms with Gasteiger partial charge in [-0.25, -0.2) is 0 Å². The zero-order valence-corrected chi connectivity index (χ0v) is 11.6. The summed E-state index contributed by atoms with van der Waals surface area (Å²) >= 11 is 4.83. The molecule has 0 fully saturated rings. The Balaban J connectivity index is 2.28. The third-order valence-corrected chi connectivity index (χ3v) is 3.26. The Morgan fingerprint density at radius 3 is 2.63 bits per heavy atom. The van der Waals surface area contributed by atoms with E-state index in [9.17, 15) is 4.79 Å². The minimum Gasteiger partial charge on any atom is -0.393 e. The topological polar surface area (TPSA) is 46.3 Å². The van der Waals surface area contributed by atoms with Gasteiger partial charge >= 0.3 is 0 Å². The van der Waals surface area contributed by atoms with Gasteiger partial charge in [0, 0.05) is 25.6 Å². The van der Waals surface area contributed by atoms with E-state index >= 15 is 0 Å². The number of thiocarbonyl (C=S) groups is 1. The van der Waals surface area contributed by atoms with Crippen LogP contribution >= 0.6 is 12.2 Å². The lowest BCUT2D eigenvalue weighted by atomic mass is 10.0.